The van der Waals surface area contributed by atoms with Gasteiger partial charge in [-0.2, -0.15) is 4.31 Å². The monoisotopic (exact) mass is 451 g/mol. The zero-order valence-corrected chi connectivity index (χ0v) is 18.0. The van der Waals surface area contributed by atoms with E-state index < -0.39 is 26.6 Å². The molecule has 0 saturated carbocycles. The summed E-state index contributed by atoms with van der Waals surface area (Å²) in [6.45, 7) is 3.63. The number of nitrogens with zero attached hydrogens (tertiary/aromatic N) is 2. The average Bonchev–Trinajstić information content (AvgIpc) is 2.75. The molecule has 0 aliphatic carbocycles. The lowest BCUT2D eigenvalue weighted by atomic mass is 10.1. The maximum Gasteiger partial charge on any atom is 0.251 e. The molecule has 3 rings (SSSR count). The van der Waals surface area contributed by atoms with Crippen LogP contribution in [0.25, 0.3) is 0 Å². The fraction of sp³-hybridized carbons (Fsp3) is 0.333. The molecule has 7 nitrogen and oxygen atoms in total. The predicted octanol–water partition coefficient (Wildman–Crippen LogP) is 1.84. The van der Waals surface area contributed by atoms with Crippen molar-refractivity contribution in [1.82, 2.24) is 14.5 Å². The molecule has 2 aromatic rings. The van der Waals surface area contributed by atoms with Crippen molar-refractivity contribution in [1.29, 1.82) is 0 Å². The lowest BCUT2D eigenvalue weighted by molar-refractivity contribution is -0.131. The zero-order chi connectivity index (χ0) is 22.8. The highest BCUT2D eigenvalue weighted by Crippen LogP contribution is 2.21. The highest BCUT2D eigenvalue weighted by atomic mass is 32.2. The van der Waals surface area contributed by atoms with Crippen LogP contribution in [-0.4, -0.2) is 62.2 Å². The third kappa shape index (κ3) is 5.08. The van der Waals surface area contributed by atoms with E-state index in [2.05, 4.69) is 5.32 Å². The first-order valence-corrected chi connectivity index (χ1v) is 11.1. The standard InChI is InChI=1S/C21H23F2N3O4S/c1-14-3-4-16(11-15(14)2)21(28)24-13-20(27)25-7-9-26(10-8-25)31(29,30)19-12-17(22)5-6-18(19)23/h3-6,11-12H,7-10,13H2,1-2H3,(H,24,28). The number of rotatable bonds is 5. The van der Waals surface area contributed by atoms with Crippen LogP contribution in [0.2, 0.25) is 0 Å². The van der Waals surface area contributed by atoms with Crippen molar-refractivity contribution in [3.8, 4) is 0 Å². The molecule has 2 aromatic carbocycles. The summed E-state index contributed by atoms with van der Waals surface area (Å²) in [4.78, 5) is 25.4. The fourth-order valence-corrected chi connectivity index (χ4v) is 4.74. The number of sulfonamides is 1. The highest BCUT2D eigenvalue weighted by molar-refractivity contribution is 7.89. The second-order valence-electron chi connectivity index (χ2n) is 7.34. The molecule has 1 N–H and O–H groups in total. The summed E-state index contributed by atoms with van der Waals surface area (Å²) in [5.74, 6) is -2.62. The second kappa shape index (κ2) is 9.11. The van der Waals surface area contributed by atoms with Gasteiger partial charge in [-0.15, -0.1) is 0 Å². The highest BCUT2D eigenvalue weighted by Gasteiger charge is 2.32. The molecule has 1 aliphatic heterocycles. The van der Waals surface area contributed by atoms with Crippen LogP contribution in [0.1, 0.15) is 21.5 Å². The van der Waals surface area contributed by atoms with E-state index in [4.69, 9.17) is 0 Å². The third-order valence-corrected chi connectivity index (χ3v) is 7.19. The lowest BCUT2D eigenvalue weighted by Gasteiger charge is -2.34. The first-order chi connectivity index (χ1) is 14.6. The minimum absolute atomic E-state index is 0.0604. The largest absolute Gasteiger partial charge is 0.343 e. The van der Waals surface area contributed by atoms with Gasteiger partial charge < -0.3 is 10.2 Å². The van der Waals surface area contributed by atoms with Gasteiger partial charge in [-0.05, 0) is 55.3 Å². The number of hydrogen-bond acceptors (Lipinski definition) is 4. The summed E-state index contributed by atoms with van der Waals surface area (Å²) >= 11 is 0. The van der Waals surface area contributed by atoms with Crippen molar-refractivity contribution in [2.45, 2.75) is 18.7 Å². The smallest absolute Gasteiger partial charge is 0.251 e. The quantitative estimate of drug-likeness (QED) is 0.752. The van der Waals surface area contributed by atoms with Gasteiger partial charge in [-0.3, -0.25) is 9.59 Å². The second-order valence-corrected chi connectivity index (χ2v) is 9.25. The van der Waals surface area contributed by atoms with E-state index in [1.54, 1.807) is 12.1 Å². The van der Waals surface area contributed by atoms with Gasteiger partial charge in [0.1, 0.15) is 16.5 Å². The van der Waals surface area contributed by atoms with Crippen LogP contribution >= 0.6 is 0 Å². The van der Waals surface area contributed by atoms with Gasteiger partial charge in [0.25, 0.3) is 5.91 Å². The average molecular weight is 451 g/mol. The van der Waals surface area contributed by atoms with Crippen LogP contribution in [0.3, 0.4) is 0 Å². The van der Waals surface area contributed by atoms with Crippen LogP contribution in [0.15, 0.2) is 41.3 Å². The minimum atomic E-state index is -4.22. The van der Waals surface area contributed by atoms with Crippen molar-refractivity contribution in [3.05, 3.63) is 64.7 Å². The Balaban J connectivity index is 1.56. The maximum absolute atomic E-state index is 13.9. The molecule has 10 heteroatoms. The summed E-state index contributed by atoms with van der Waals surface area (Å²) in [6.07, 6.45) is 0. The van der Waals surface area contributed by atoms with Gasteiger partial charge in [0.05, 0.1) is 6.54 Å². The van der Waals surface area contributed by atoms with Gasteiger partial charge >= 0.3 is 0 Å². The molecule has 0 atom stereocenters. The number of benzene rings is 2. The van der Waals surface area contributed by atoms with Crippen molar-refractivity contribution in [2.24, 2.45) is 0 Å². The molecule has 0 aromatic heterocycles. The van der Waals surface area contributed by atoms with E-state index in [1.807, 2.05) is 19.9 Å². The predicted molar refractivity (Wildman–Crippen MR) is 110 cm³/mol. The summed E-state index contributed by atoms with van der Waals surface area (Å²) < 4.78 is 53.6. The number of carbonyl (C=O) groups is 2. The molecule has 1 saturated heterocycles. The van der Waals surface area contributed by atoms with E-state index in [0.717, 1.165) is 27.6 Å². The number of piperazine rings is 1. The number of halogens is 2. The minimum Gasteiger partial charge on any atom is -0.343 e. The van der Waals surface area contributed by atoms with Gasteiger partial charge in [-0.1, -0.05) is 6.07 Å². The van der Waals surface area contributed by atoms with E-state index in [-0.39, 0.29) is 44.5 Å². The first-order valence-electron chi connectivity index (χ1n) is 9.68. The molecule has 166 valence electrons. The molecule has 1 aliphatic rings. The van der Waals surface area contributed by atoms with E-state index in [1.165, 1.54) is 4.90 Å². The summed E-state index contributed by atoms with van der Waals surface area (Å²) in [7, 11) is -4.22. The van der Waals surface area contributed by atoms with Crippen molar-refractivity contribution >= 4 is 21.8 Å². The zero-order valence-electron chi connectivity index (χ0n) is 17.2. The molecule has 1 fully saturated rings. The Bertz CT molecular complexity index is 1110. The summed E-state index contributed by atoms with van der Waals surface area (Å²) in [5.41, 5.74) is 2.47. The van der Waals surface area contributed by atoms with E-state index in [0.29, 0.717) is 11.6 Å². The van der Waals surface area contributed by atoms with Crippen LogP contribution < -0.4 is 5.32 Å². The Labute approximate surface area is 179 Å². The van der Waals surface area contributed by atoms with E-state index in [9.17, 15) is 26.8 Å². The van der Waals surface area contributed by atoms with Crippen LogP contribution in [0, 0.1) is 25.5 Å². The number of nitrogens with one attached hydrogen (secondary N) is 1. The van der Waals surface area contributed by atoms with Crippen molar-refractivity contribution < 1.29 is 26.8 Å². The van der Waals surface area contributed by atoms with Gasteiger partial charge in [0.15, 0.2) is 0 Å². The molecular formula is C21H23F2N3O4S. The van der Waals surface area contributed by atoms with Gasteiger partial charge in [-0.25, -0.2) is 17.2 Å². The van der Waals surface area contributed by atoms with E-state index >= 15 is 0 Å². The Kier molecular flexibility index (Phi) is 6.71. The molecule has 1 heterocycles. The van der Waals surface area contributed by atoms with Crippen LogP contribution in [-0.2, 0) is 14.8 Å². The first kappa shape index (κ1) is 22.8. The Morgan fingerprint density at radius 3 is 2.29 bits per heavy atom. The van der Waals surface area contributed by atoms with Gasteiger partial charge in [0, 0.05) is 31.7 Å². The lowest BCUT2D eigenvalue weighted by Crippen LogP contribution is -2.52. The molecule has 0 spiro atoms. The molecular weight excluding hydrogens is 428 g/mol. The number of amides is 2. The Hall–Kier alpha value is -2.85. The third-order valence-electron chi connectivity index (χ3n) is 5.27. The Morgan fingerprint density at radius 1 is 0.968 bits per heavy atom. The Morgan fingerprint density at radius 2 is 1.65 bits per heavy atom. The number of carbonyl (C=O) groups excluding carboxylic acids is 2. The topological polar surface area (TPSA) is 86.8 Å². The number of aryl methyl sites for hydroxylation is 2. The molecule has 0 radical (unpaired) electrons. The maximum atomic E-state index is 13.9. The molecule has 31 heavy (non-hydrogen) atoms. The molecule has 2 amide bonds. The molecule has 0 unspecified atom stereocenters. The number of hydrogen-bond donors (Lipinski definition) is 1. The van der Waals surface area contributed by atoms with Crippen molar-refractivity contribution in [3.63, 3.8) is 0 Å². The van der Waals surface area contributed by atoms with Gasteiger partial charge in [0.2, 0.25) is 15.9 Å². The summed E-state index contributed by atoms with van der Waals surface area (Å²) in [6, 6.07) is 7.50. The molecule has 0 bridgehead atoms. The summed E-state index contributed by atoms with van der Waals surface area (Å²) in [5, 5.41) is 2.57. The van der Waals surface area contributed by atoms with Crippen molar-refractivity contribution in [2.75, 3.05) is 32.7 Å². The normalized spacial score (nSPS) is 15.0. The SMILES string of the molecule is Cc1ccc(C(=O)NCC(=O)N2CCN(S(=O)(=O)c3cc(F)ccc3F)CC2)cc1C. The fourth-order valence-electron chi connectivity index (χ4n) is 3.24. The van der Waals surface area contributed by atoms with Crippen LogP contribution in [0.5, 0.6) is 0 Å². The van der Waals surface area contributed by atoms with Crippen LogP contribution in [0.4, 0.5) is 8.78 Å².